The van der Waals surface area contributed by atoms with Crippen molar-refractivity contribution in [1.29, 1.82) is 0 Å². The number of aromatic nitrogens is 2. The van der Waals surface area contributed by atoms with Crippen molar-refractivity contribution in [1.82, 2.24) is 15.4 Å². The lowest BCUT2D eigenvalue weighted by Crippen LogP contribution is -2.17. The van der Waals surface area contributed by atoms with Crippen molar-refractivity contribution in [2.45, 2.75) is 13.5 Å². The monoisotopic (exact) mass is 434 g/mol. The molecule has 1 amide bonds. The van der Waals surface area contributed by atoms with E-state index in [1.54, 1.807) is 24.5 Å². The highest BCUT2D eigenvalue weighted by molar-refractivity contribution is 6.01. The van der Waals surface area contributed by atoms with Crippen molar-refractivity contribution in [3.8, 4) is 5.75 Å². The van der Waals surface area contributed by atoms with E-state index in [2.05, 4.69) is 20.5 Å². The Morgan fingerprint density at radius 2 is 1.85 bits per heavy atom. The molecule has 0 radical (unpaired) electrons. The Morgan fingerprint density at radius 1 is 1.03 bits per heavy atom. The molecule has 33 heavy (non-hydrogen) atoms. The summed E-state index contributed by atoms with van der Waals surface area (Å²) in [5, 5.41) is 6.25. The second-order valence-corrected chi connectivity index (χ2v) is 7.73. The average Bonchev–Trinajstić information content (AvgIpc) is 3.18. The zero-order chi connectivity index (χ0) is 22.6. The van der Waals surface area contributed by atoms with Crippen molar-refractivity contribution in [2.24, 2.45) is 5.10 Å². The summed E-state index contributed by atoms with van der Waals surface area (Å²) in [4.78, 5) is 20.2. The van der Waals surface area contributed by atoms with Gasteiger partial charge in [-0.05, 0) is 42.8 Å². The fraction of sp³-hybridized carbons (Fsp3) is 0.0741. The number of H-pyrrole nitrogens is 1. The maximum Gasteiger partial charge on any atom is 0.271 e. The highest BCUT2D eigenvalue weighted by atomic mass is 16.5. The molecule has 0 fully saturated rings. The first kappa shape index (κ1) is 20.5. The lowest BCUT2D eigenvalue weighted by molar-refractivity contribution is 0.0955. The third-order valence-corrected chi connectivity index (χ3v) is 5.51. The standard InChI is InChI=1S/C27H22N4O2/c1-18-23(22-8-2-3-9-24(22)30-18)16-29-31-27(32)21-13-11-19(12-14-21)17-33-25-10-4-6-20-7-5-15-28-26(20)25/h2-16,30H,17H2,1H3,(H,31,32)/b29-16+. The molecule has 0 saturated heterocycles. The van der Waals surface area contributed by atoms with Gasteiger partial charge in [-0.3, -0.25) is 9.78 Å². The molecule has 0 aliphatic rings. The van der Waals surface area contributed by atoms with Gasteiger partial charge in [-0.2, -0.15) is 5.10 Å². The van der Waals surface area contributed by atoms with E-state index in [9.17, 15) is 4.79 Å². The molecule has 6 nitrogen and oxygen atoms in total. The number of fused-ring (bicyclic) bond motifs is 2. The van der Waals surface area contributed by atoms with Crippen LogP contribution in [0.4, 0.5) is 0 Å². The van der Waals surface area contributed by atoms with Crippen LogP contribution in [0.15, 0.2) is 90.2 Å². The Labute approximate surface area is 190 Å². The van der Waals surface area contributed by atoms with E-state index >= 15 is 0 Å². The number of hydrazone groups is 1. The summed E-state index contributed by atoms with van der Waals surface area (Å²) in [7, 11) is 0. The summed E-state index contributed by atoms with van der Waals surface area (Å²) in [5.74, 6) is 0.464. The van der Waals surface area contributed by atoms with Gasteiger partial charge in [0.1, 0.15) is 17.9 Å². The smallest absolute Gasteiger partial charge is 0.271 e. The molecule has 6 heteroatoms. The number of nitrogens with one attached hydrogen (secondary N) is 2. The Hall–Kier alpha value is -4.45. The van der Waals surface area contributed by atoms with Gasteiger partial charge >= 0.3 is 0 Å². The molecule has 2 N–H and O–H groups in total. The van der Waals surface area contributed by atoms with Crippen LogP contribution in [-0.2, 0) is 6.61 Å². The van der Waals surface area contributed by atoms with Crippen molar-refractivity contribution < 1.29 is 9.53 Å². The molecule has 0 bridgehead atoms. The van der Waals surface area contributed by atoms with Gasteiger partial charge in [-0.15, -0.1) is 0 Å². The first-order chi connectivity index (χ1) is 16.2. The molecule has 0 atom stereocenters. The van der Waals surface area contributed by atoms with E-state index in [1.807, 2.05) is 73.7 Å². The molecule has 0 spiro atoms. The van der Waals surface area contributed by atoms with Crippen molar-refractivity contribution in [3.05, 3.63) is 107 Å². The largest absolute Gasteiger partial charge is 0.487 e. The maximum absolute atomic E-state index is 12.5. The number of rotatable bonds is 6. The second-order valence-electron chi connectivity index (χ2n) is 7.73. The highest BCUT2D eigenvalue weighted by Gasteiger charge is 2.08. The molecule has 0 saturated carbocycles. The van der Waals surface area contributed by atoms with Gasteiger partial charge in [0.05, 0.1) is 6.21 Å². The summed E-state index contributed by atoms with van der Waals surface area (Å²) in [6, 6.07) is 25.1. The number of benzene rings is 3. The zero-order valence-electron chi connectivity index (χ0n) is 18.1. The van der Waals surface area contributed by atoms with E-state index in [0.29, 0.717) is 12.2 Å². The number of aryl methyl sites for hydroxylation is 1. The third kappa shape index (κ3) is 4.32. The van der Waals surface area contributed by atoms with Gasteiger partial charge in [0.15, 0.2) is 0 Å². The number of hydrogen-bond acceptors (Lipinski definition) is 4. The second kappa shape index (κ2) is 8.96. The number of para-hydroxylation sites is 2. The minimum atomic E-state index is -0.269. The van der Waals surface area contributed by atoms with Crippen LogP contribution in [0.5, 0.6) is 5.75 Å². The van der Waals surface area contributed by atoms with Gasteiger partial charge in [0, 0.05) is 39.3 Å². The topological polar surface area (TPSA) is 79.4 Å². The Morgan fingerprint density at radius 3 is 2.73 bits per heavy atom. The number of nitrogens with zero attached hydrogens (tertiary/aromatic N) is 2. The normalized spacial score (nSPS) is 11.3. The molecule has 162 valence electrons. The van der Waals surface area contributed by atoms with E-state index in [-0.39, 0.29) is 5.91 Å². The number of aromatic amines is 1. The van der Waals surface area contributed by atoms with Crippen LogP contribution in [0.2, 0.25) is 0 Å². The van der Waals surface area contributed by atoms with Crippen LogP contribution in [0.25, 0.3) is 21.8 Å². The maximum atomic E-state index is 12.5. The van der Waals surface area contributed by atoms with Crippen LogP contribution in [0.3, 0.4) is 0 Å². The van der Waals surface area contributed by atoms with E-state index in [4.69, 9.17) is 4.74 Å². The third-order valence-electron chi connectivity index (χ3n) is 5.51. The van der Waals surface area contributed by atoms with Crippen molar-refractivity contribution >= 4 is 33.9 Å². The molecule has 5 aromatic rings. The quantitative estimate of drug-likeness (QED) is 0.279. The van der Waals surface area contributed by atoms with Gasteiger partial charge < -0.3 is 9.72 Å². The summed E-state index contributed by atoms with van der Waals surface area (Å²) in [6.07, 6.45) is 3.43. The van der Waals surface area contributed by atoms with Crippen molar-refractivity contribution in [2.75, 3.05) is 0 Å². The molecule has 0 aliphatic heterocycles. The van der Waals surface area contributed by atoms with Gasteiger partial charge in [-0.25, -0.2) is 5.43 Å². The summed E-state index contributed by atoms with van der Waals surface area (Å²) < 4.78 is 5.97. The number of amides is 1. The number of carbonyl (C=O) groups is 1. The Kier molecular flexibility index (Phi) is 5.55. The summed E-state index contributed by atoms with van der Waals surface area (Å²) in [6.45, 7) is 2.37. The van der Waals surface area contributed by atoms with Gasteiger partial charge in [0.25, 0.3) is 5.91 Å². The molecule has 2 aromatic heterocycles. The first-order valence-corrected chi connectivity index (χ1v) is 10.7. The lowest BCUT2D eigenvalue weighted by atomic mass is 10.1. The fourth-order valence-corrected chi connectivity index (χ4v) is 3.79. The molecule has 3 aromatic carbocycles. The van der Waals surface area contributed by atoms with Crippen molar-refractivity contribution in [3.63, 3.8) is 0 Å². The molecule has 2 heterocycles. The van der Waals surface area contributed by atoms with E-state index in [1.165, 1.54) is 0 Å². The predicted molar refractivity (Wildman–Crippen MR) is 131 cm³/mol. The molecular weight excluding hydrogens is 412 g/mol. The molecule has 5 rings (SSSR count). The Bertz CT molecular complexity index is 1460. The average molecular weight is 434 g/mol. The fourth-order valence-electron chi connectivity index (χ4n) is 3.79. The lowest BCUT2D eigenvalue weighted by Gasteiger charge is -2.09. The summed E-state index contributed by atoms with van der Waals surface area (Å²) >= 11 is 0. The minimum absolute atomic E-state index is 0.269. The SMILES string of the molecule is Cc1[nH]c2ccccc2c1/C=N/NC(=O)c1ccc(COc2cccc3cccnc23)cc1. The number of ether oxygens (including phenoxy) is 1. The highest BCUT2D eigenvalue weighted by Crippen LogP contribution is 2.24. The van der Waals surface area contributed by atoms with Gasteiger partial charge in [-0.1, -0.05) is 48.5 Å². The zero-order valence-corrected chi connectivity index (χ0v) is 18.1. The summed E-state index contributed by atoms with van der Waals surface area (Å²) in [5.41, 5.74) is 7.92. The number of pyridine rings is 1. The predicted octanol–water partition coefficient (Wildman–Crippen LogP) is 5.37. The van der Waals surface area contributed by atoms with Crippen LogP contribution in [0.1, 0.15) is 27.2 Å². The van der Waals surface area contributed by atoms with Crippen LogP contribution >= 0.6 is 0 Å². The molecule has 0 aliphatic carbocycles. The van der Waals surface area contributed by atoms with Gasteiger partial charge in [0.2, 0.25) is 0 Å². The van der Waals surface area contributed by atoms with Crippen LogP contribution in [0, 0.1) is 6.92 Å². The van der Waals surface area contributed by atoms with Crippen LogP contribution < -0.4 is 10.2 Å². The van der Waals surface area contributed by atoms with Crippen LogP contribution in [-0.4, -0.2) is 22.1 Å². The Balaban J connectivity index is 1.22. The van der Waals surface area contributed by atoms with E-state index < -0.39 is 0 Å². The first-order valence-electron chi connectivity index (χ1n) is 10.7. The molecular formula is C27H22N4O2. The molecule has 0 unspecified atom stereocenters. The number of hydrogen-bond donors (Lipinski definition) is 2. The number of carbonyl (C=O) groups excluding carboxylic acids is 1. The van der Waals surface area contributed by atoms with E-state index in [0.717, 1.165) is 44.4 Å². The minimum Gasteiger partial charge on any atom is -0.487 e.